The molecule has 9 nitrogen and oxygen atoms in total. The zero-order valence-corrected chi connectivity index (χ0v) is 17.8. The maximum Gasteiger partial charge on any atom is 0.410 e. The minimum Gasteiger partial charge on any atom is -0.444 e. The molecule has 1 atom stereocenters. The normalized spacial score (nSPS) is 22.5. The summed E-state index contributed by atoms with van der Waals surface area (Å²) in [5.74, 6) is 0.645. The summed E-state index contributed by atoms with van der Waals surface area (Å²) >= 11 is 0. The predicted molar refractivity (Wildman–Crippen MR) is 105 cm³/mol. The topological polar surface area (TPSA) is 103 Å². The van der Waals surface area contributed by atoms with Crippen molar-refractivity contribution in [2.45, 2.75) is 58.2 Å². The van der Waals surface area contributed by atoms with Gasteiger partial charge in [-0.2, -0.15) is 4.31 Å². The average Bonchev–Trinajstić information content (AvgIpc) is 2.94. The van der Waals surface area contributed by atoms with Crippen molar-refractivity contribution in [2.24, 2.45) is 4.99 Å². The minimum absolute atomic E-state index is 0.0879. The van der Waals surface area contributed by atoms with Crippen LogP contribution in [-0.4, -0.2) is 86.3 Å². The second-order valence-corrected chi connectivity index (χ2v) is 10.1. The van der Waals surface area contributed by atoms with E-state index < -0.39 is 15.6 Å². The fourth-order valence-electron chi connectivity index (χ4n) is 3.18. The Morgan fingerprint density at radius 3 is 2.52 bits per heavy atom. The average molecular weight is 404 g/mol. The first kappa shape index (κ1) is 21.7. The molecule has 0 aliphatic carbocycles. The molecule has 0 bridgehead atoms. The molecule has 2 heterocycles. The van der Waals surface area contributed by atoms with E-state index in [0.29, 0.717) is 38.7 Å². The molecule has 10 heteroatoms. The van der Waals surface area contributed by atoms with Crippen molar-refractivity contribution in [1.82, 2.24) is 19.8 Å². The quantitative estimate of drug-likeness (QED) is 0.514. The summed E-state index contributed by atoms with van der Waals surface area (Å²) in [7, 11) is -3.20. The van der Waals surface area contributed by atoms with Crippen LogP contribution in [0.25, 0.3) is 0 Å². The van der Waals surface area contributed by atoms with Gasteiger partial charge >= 0.3 is 6.09 Å². The molecule has 0 radical (unpaired) electrons. The Morgan fingerprint density at radius 2 is 1.96 bits per heavy atom. The fraction of sp³-hybridized carbons (Fsp3) is 0.882. The summed E-state index contributed by atoms with van der Waals surface area (Å²) in [6, 6.07) is 0.0139. The Hall–Kier alpha value is -1.55. The highest BCUT2D eigenvalue weighted by Gasteiger charge is 2.34. The van der Waals surface area contributed by atoms with Crippen LogP contribution in [0.5, 0.6) is 0 Å². The van der Waals surface area contributed by atoms with Gasteiger partial charge in [-0.05, 0) is 40.5 Å². The van der Waals surface area contributed by atoms with Gasteiger partial charge in [-0.1, -0.05) is 0 Å². The van der Waals surface area contributed by atoms with Crippen molar-refractivity contribution in [1.29, 1.82) is 0 Å². The van der Waals surface area contributed by atoms with E-state index in [1.807, 2.05) is 27.7 Å². The number of ether oxygens (including phenoxy) is 1. The van der Waals surface area contributed by atoms with E-state index in [0.717, 1.165) is 12.8 Å². The molecule has 2 N–H and O–H groups in total. The maximum absolute atomic E-state index is 12.0. The Balaban J connectivity index is 1.86. The number of carbonyl (C=O) groups is 1. The van der Waals surface area contributed by atoms with Crippen LogP contribution in [0.3, 0.4) is 0 Å². The molecular formula is C17H33N5O4S. The van der Waals surface area contributed by atoms with Crippen molar-refractivity contribution in [2.75, 3.05) is 39.0 Å². The lowest BCUT2D eigenvalue weighted by molar-refractivity contribution is 0.00700. The summed E-state index contributed by atoms with van der Waals surface area (Å²) < 4.78 is 30.6. The van der Waals surface area contributed by atoms with Crippen LogP contribution in [0, 0.1) is 0 Å². The zero-order chi connectivity index (χ0) is 20.2. The van der Waals surface area contributed by atoms with Gasteiger partial charge in [0.1, 0.15) is 5.60 Å². The van der Waals surface area contributed by atoms with Gasteiger partial charge in [0.25, 0.3) is 0 Å². The number of nitrogens with zero attached hydrogens (tertiary/aromatic N) is 3. The highest BCUT2D eigenvalue weighted by atomic mass is 32.2. The molecule has 0 aromatic carbocycles. The number of guanidine groups is 1. The summed E-state index contributed by atoms with van der Waals surface area (Å²) in [4.78, 5) is 18.2. The third-order valence-corrected chi connectivity index (χ3v) is 5.76. The summed E-state index contributed by atoms with van der Waals surface area (Å²) in [6.45, 7) is 10.3. The third-order valence-electron chi connectivity index (χ3n) is 4.43. The van der Waals surface area contributed by atoms with Gasteiger partial charge in [0.05, 0.1) is 18.8 Å². The standard InChI is InChI=1S/C17H33N5O4S/c1-6-18-15(19-10-14-8-7-9-22(14)27(5,24)25)20-13-11-21(12-13)16(23)26-17(2,3)4/h13-14H,6-12H2,1-5H3,(H2,18,19,20)/t14-/m1/s1. The second-order valence-electron chi connectivity index (χ2n) is 8.12. The van der Waals surface area contributed by atoms with Gasteiger partial charge in [-0.3, -0.25) is 4.99 Å². The van der Waals surface area contributed by atoms with Gasteiger partial charge in [0.15, 0.2) is 5.96 Å². The van der Waals surface area contributed by atoms with E-state index in [4.69, 9.17) is 4.74 Å². The SMILES string of the molecule is CCNC(=NC[C@H]1CCCN1S(C)(=O)=O)NC1CN(C(=O)OC(C)(C)C)C1. The molecule has 156 valence electrons. The Kier molecular flexibility index (Phi) is 6.96. The molecule has 2 saturated heterocycles. The van der Waals surface area contributed by atoms with Crippen molar-refractivity contribution in [3.63, 3.8) is 0 Å². The number of amides is 1. The number of nitrogens with one attached hydrogen (secondary N) is 2. The zero-order valence-electron chi connectivity index (χ0n) is 17.0. The van der Waals surface area contributed by atoms with Gasteiger partial charge < -0.3 is 20.3 Å². The lowest BCUT2D eigenvalue weighted by Crippen LogP contribution is -2.63. The monoisotopic (exact) mass is 403 g/mol. The van der Waals surface area contributed by atoms with Crippen molar-refractivity contribution in [3.8, 4) is 0 Å². The lowest BCUT2D eigenvalue weighted by Gasteiger charge is -2.40. The molecule has 1 amide bonds. The summed E-state index contributed by atoms with van der Waals surface area (Å²) in [6.07, 6.45) is 2.63. The van der Waals surface area contributed by atoms with Crippen LogP contribution in [0.2, 0.25) is 0 Å². The number of rotatable bonds is 5. The van der Waals surface area contributed by atoms with Gasteiger partial charge in [0, 0.05) is 32.2 Å². The van der Waals surface area contributed by atoms with Crippen LogP contribution < -0.4 is 10.6 Å². The first-order valence-corrected chi connectivity index (χ1v) is 11.3. The molecule has 0 aromatic heterocycles. The van der Waals surface area contributed by atoms with E-state index in [1.54, 1.807) is 4.90 Å². The third kappa shape index (κ3) is 6.53. The Bertz CT molecular complexity index is 653. The van der Waals surface area contributed by atoms with E-state index in [2.05, 4.69) is 15.6 Å². The summed E-state index contributed by atoms with van der Waals surface area (Å²) in [5, 5.41) is 6.48. The molecule has 0 spiro atoms. The Labute approximate surface area is 162 Å². The van der Waals surface area contributed by atoms with Gasteiger partial charge in [-0.25, -0.2) is 13.2 Å². The molecule has 0 saturated carbocycles. The lowest BCUT2D eigenvalue weighted by atomic mass is 10.1. The first-order chi connectivity index (χ1) is 12.5. The number of hydrogen-bond donors (Lipinski definition) is 2. The number of hydrogen-bond acceptors (Lipinski definition) is 5. The minimum atomic E-state index is -3.20. The highest BCUT2D eigenvalue weighted by Crippen LogP contribution is 2.20. The largest absolute Gasteiger partial charge is 0.444 e. The molecule has 2 aliphatic heterocycles. The van der Waals surface area contributed by atoms with Crippen molar-refractivity contribution >= 4 is 22.1 Å². The second kappa shape index (κ2) is 8.64. The molecule has 2 rings (SSSR count). The van der Waals surface area contributed by atoms with E-state index in [-0.39, 0.29) is 18.2 Å². The first-order valence-electron chi connectivity index (χ1n) is 9.49. The van der Waals surface area contributed by atoms with Gasteiger partial charge in [-0.15, -0.1) is 0 Å². The van der Waals surface area contributed by atoms with E-state index >= 15 is 0 Å². The van der Waals surface area contributed by atoms with Crippen LogP contribution in [0.15, 0.2) is 4.99 Å². The number of carbonyl (C=O) groups excluding carboxylic acids is 1. The number of sulfonamides is 1. The van der Waals surface area contributed by atoms with Crippen LogP contribution in [-0.2, 0) is 14.8 Å². The maximum atomic E-state index is 12.0. The van der Waals surface area contributed by atoms with E-state index in [9.17, 15) is 13.2 Å². The number of likely N-dealkylation sites (tertiary alicyclic amines) is 1. The van der Waals surface area contributed by atoms with Gasteiger partial charge in [0.2, 0.25) is 10.0 Å². The fourth-order valence-corrected chi connectivity index (χ4v) is 4.36. The molecule has 2 aliphatic rings. The Morgan fingerprint density at radius 1 is 1.30 bits per heavy atom. The van der Waals surface area contributed by atoms with Crippen molar-refractivity contribution in [3.05, 3.63) is 0 Å². The highest BCUT2D eigenvalue weighted by molar-refractivity contribution is 7.88. The van der Waals surface area contributed by atoms with Crippen LogP contribution in [0.4, 0.5) is 4.79 Å². The summed E-state index contributed by atoms with van der Waals surface area (Å²) in [5.41, 5.74) is -0.501. The smallest absolute Gasteiger partial charge is 0.410 e. The van der Waals surface area contributed by atoms with E-state index in [1.165, 1.54) is 10.6 Å². The van der Waals surface area contributed by atoms with Crippen molar-refractivity contribution < 1.29 is 17.9 Å². The molecular weight excluding hydrogens is 370 g/mol. The molecule has 0 aromatic rings. The molecule has 2 fully saturated rings. The molecule has 0 unspecified atom stereocenters. The predicted octanol–water partition coefficient (Wildman–Crippen LogP) is 0.585. The molecule has 27 heavy (non-hydrogen) atoms. The van der Waals surface area contributed by atoms with Crippen LogP contribution >= 0.6 is 0 Å². The number of aliphatic imine (C=N–C) groups is 1. The van der Waals surface area contributed by atoms with Crippen LogP contribution in [0.1, 0.15) is 40.5 Å².